The number of ether oxygens (including phenoxy) is 1. The number of anilines is 2. The number of nitrogens with zero attached hydrogens (tertiary/aromatic N) is 1. The van der Waals surface area contributed by atoms with Crippen LogP contribution in [0.3, 0.4) is 0 Å². The van der Waals surface area contributed by atoms with E-state index < -0.39 is 11.8 Å². The van der Waals surface area contributed by atoms with Gasteiger partial charge in [0.1, 0.15) is 5.75 Å². The highest BCUT2D eigenvalue weighted by molar-refractivity contribution is 6.39. The van der Waals surface area contributed by atoms with Gasteiger partial charge < -0.3 is 15.4 Å². The minimum absolute atomic E-state index is 0.205. The van der Waals surface area contributed by atoms with E-state index in [9.17, 15) is 14.4 Å². The molecule has 3 N–H and O–H groups in total. The number of benzene rings is 3. The van der Waals surface area contributed by atoms with E-state index in [-0.39, 0.29) is 12.5 Å². The summed E-state index contributed by atoms with van der Waals surface area (Å²) >= 11 is 0. The fraction of sp³-hybridized carbons (Fsp3) is 0.185. The Hall–Kier alpha value is -4.46. The summed E-state index contributed by atoms with van der Waals surface area (Å²) in [6, 6.07) is 18.3. The first-order valence-corrected chi connectivity index (χ1v) is 11.0. The van der Waals surface area contributed by atoms with Crippen LogP contribution < -0.4 is 20.8 Å². The maximum absolute atomic E-state index is 12.4. The van der Waals surface area contributed by atoms with Crippen molar-refractivity contribution in [3.8, 4) is 5.75 Å². The summed E-state index contributed by atoms with van der Waals surface area (Å²) < 4.78 is 5.67. The molecule has 0 aliphatic heterocycles. The van der Waals surface area contributed by atoms with Gasteiger partial charge in [0.2, 0.25) is 0 Å². The predicted molar refractivity (Wildman–Crippen MR) is 137 cm³/mol. The zero-order valence-electron chi connectivity index (χ0n) is 20.1. The average Bonchev–Trinajstić information content (AvgIpc) is 2.83. The van der Waals surface area contributed by atoms with E-state index >= 15 is 0 Å². The van der Waals surface area contributed by atoms with Crippen molar-refractivity contribution in [1.82, 2.24) is 5.43 Å². The highest BCUT2D eigenvalue weighted by Crippen LogP contribution is 2.21. The standard InChI is InChI=1S/C27H28N4O4/c1-17-9-7-10-18(2)24(17)29-23(32)16-35-22-14-6-5-13-21(22)15-28-31-27(34)26(33)30-25-19(3)11-8-12-20(25)4/h5-15H,16H2,1-4H3,(H,29,32)(H,30,33)(H,31,34)/b28-15-. The van der Waals surface area contributed by atoms with Crippen LogP contribution in [0, 0.1) is 27.7 Å². The molecule has 3 rings (SSSR count). The second-order valence-electron chi connectivity index (χ2n) is 8.06. The molecular weight excluding hydrogens is 444 g/mol. The largest absolute Gasteiger partial charge is 0.483 e. The summed E-state index contributed by atoms with van der Waals surface area (Å²) in [5.41, 5.74) is 7.72. The molecule has 0 aliphatic carbocycles. The first-order chi connectivity index (χ1) is 16.8. The fourth-order valence-corrected chi connectivity index (χ4v) is 3.44. The van der Waals surface area contributed by atoms with Crippen molar-refractivity contribution < 1.29 is 19.1 Å². The van der Waals surface area contributed by atoms with Crippen LogP contribution >= 0.6 is 0 Å². The molecule has 0 saturated heterocycles. The third-order valence-electron chi connectivity index (χ3n) is 5.32. The van der Waals surface area contributed by atoms with Gasteiger partial charge in [0, 0.05) is 16.9 Å². The van der Waals surface area contributed by atoms with Gasteiger partial charge in [-0.15, -0.1) is 0 Å². The van der Waals surface area contributed by atoms with Crippen LogP contribution in [0.15, 0.2) is 65.8 Å². The molecule has 0 spiro atoms. The van der Waals surface area contributed by atoms with E-state index in [2.05, 4.69) is 21.2 Å². The van der Waals surface area contributed by atoms with Crippen molar-refractivity contribution in [2.24, 2.45) is 5.10 Å². The molecule has 35 heavy (non-hydrogen) atoms. The first-order valence-electron chi connectivity index (χ1n) is 11.0. The molecule has 0 aromatic heterocycles. The number of para-hydroxylation sites is 3. The number of hydrazone groups is 1. The van der Waals surface area contributed by atoms with Crippen LogP contribution in [0.4, 0.5) is 11.4 Å². The van der Waals surface area contributed by atoms with Gasteiger partial charge >= 0.3 is 11.8 Å². The Morgan fingerprint density at radius 1 is 0.743 bits per heavy atom. The maximum atomic E-state index is 12.4. The predicted octanol–water partition coefficient (Wildman–Crippen LogP) is 4.03. The van der Waals surface area contributed by atoms with Gasteiger partial charge in [0.25, 0.3) is 5.91 Å². The minimum Gasteiger partial charge on any atom is -0.483 e. The van der Waals surface area contributed by atoms with E-state index in [0.717, 1.165) is 27.9 Å². The number of carbonyl (C=O) groups excluding carboxylic acids is 3. The number of nitrogens with one attached hydrogen (secondary N) is 3. The van der Waals surface area contributed by atoms with Gasteiger partial charge in [-0.3, -0.25) is 14.4 Å². The van der Waals surface area contributed by atoms with Crippen LogP contribution in [-0.4, -0.2) is 30.5 Å². The number of hydrogen-bond donors (Lipinski definition) is 3. The lowest BCUT2D eigenvalue weighted by molar-refractivity contribution is -0.136. The first kappa shape index (κ1) is 25.2. The van der Waals surface area contributed by atoms with Crippen LogP contribution in [-0.2, 0) is 14.4 Å². The quantitative estimate of drug-likeness (QED) is 0.274. The second-order valence-corrected chi connectivity index (χ2v) is 8.06. The highest BCUT2D eigenvalue weighted by atomic mass is 16.5. The van der Waals surface area contributed by atoms with E-state index in [4.69, 9.17) is 4.74 Å². The van der Waals surface area contributed by atoms with Crippen molar-refractivity contribution in [2.75, 3.05) is 17.2 Å². The van der Waals surface area contributed by atoms with Crippen LogP contribution in [0.1, 0.15) is 27.8 Å². The summed E-state index contributed by atoms with van der Waals surface area (Å²) in [7, 11) is 0. The lowest BCUT2D eigenvalue weighted by Gasteiger charge is -2.13. The Bertz CT molecular complexity index is 1240. The third-order valence-corrected chi connectivity index (χ3v) is 5.32. The molecule has 0 atom stereocenters. The Morgan fingerprint density at radius 2 is 1.29 bits per heavy atom. The maximum Gasteiger partial charge on any atom is 0.329 e. The zero-order valence-corrected chi connectivity index (χ0v) is 20.1. The monoisotopic (exact) mass is 472 g/mol. The summed E-state index contributed by atoms with van der Waals surface area (Å²) in [4.78, 5) is 36.8. The van der Waals surface area contributed by atoms with Gasteiger partial charge in [-0.05, 0) is 62.1 Å². The summed E-state index contributed by atoms with van der Waals surface area (Å²) in [6.45, 7) is 7.33. The van der Waals surface area contributed by atoms with Gasteiger partial charge in [0.05, 0.1) is 6.21 Å². The van der Waals surface area contributed by atoms with E-state index in [1.165, 1.54) is 6.21 Å². The molecule has 8 heteroatoms. The van der Waals surface area contributed by atoms with E-state index in [1.807, 2.05) is 64.1 Å². The van der Waals surface area contributed by atoms with Gasteiger partial charge in [0.15, 0.2) is 6.61 Å². The SMILES string of the molecule is Cc1cccc(C)c1NC(=O)COc1ccccc1/C=N\NC(=O)C(=O)Nc1c(C)cccc1C. The van der Waals surface area contributed by atoms with Crippen molar-refractivity contribution in [3.05, 3.63) is 88.5 Å². The van der Waals surface area contributed by atoms with Gasteiger partial charge in [-0.25, -0.2) is 5.43 Å². The second kappa shape index (κ2) is 11.6. The molecule has 8 nitrogen and oxygen atoms in total. The highest BCUT2D eigenvalue weighted by Gasteiger charge is 2.15. The molecule has 0 unspecified atom stereocenters. The summed E-state index contributed by atoms with van der Waals surface area (Å²) in [5.74, 6) is -1.63. The normalized spacial score (nSPS) is 10.6. The Balaban J connectivity index is 1.57. The third kappa shape index (κ3) is 6.77. The van der Waals surface area contributed by atoms with Crippen molar-refractivity contribution in [2.45, 2.75) is 27.7 Å². The average molecular weight is 473 g/mol. The summed E-state index contributed by atoms with van der Waals surface area (Å²) in [5, 5.41) is 9.33. The van der Waals surface area contributed by atoms with Crippen LogP contribution in [0.25, 0.3) is 0 Å². The molecule has 180 valence electrons. The fourth-order valence-electron chi connectivity index (χ4n) is 3.44. The molecule has 3 aromatic rings. The van der Waals surface area contributed by atoms with E-state index in [0.29, 0.717) is 17.0 Å². The molecular formula is C27H28N4O4. The Labute approximate surface area is 204 Å². The van der Waals surface area contributed by atoms with Crippen molar-refractivity contribution in [3.63, 3.8) is 0 Å². The number of carbonyl (C=O) groups is 3. The number of amides is 3. The van der Waals surface area contributed by atoms with Gasteiger partial charge in [-0.2, -0.15) is 5.10 Å². The smallest absolute Gasteiger partial charge is 0.329 e. The summed E-state index contributed by atoms with van der Waals surface area (Å²) in [6.07, 6.45) is 1.35. The van der Waals surface area contributed by atoms with Crippen molar-refractivity contribution >= 4 is 35.3 Å². The molecule has 0 radical (unpaired) electrons. The lowest BCUT2D eigenvalue weighted by atomic mass is 10.1. The number of aryl methyl sites for hydroxylation is 4. The molecule has 0 saturated carbocycles. The van der Waals surface area contributed by atoms with Gasteiger partial charge in [-0.1, -0.05) is 48.5 Å². The number of rotatable bonds is 7. The molecule has 0 aliphatic rings. The minimum atomic E-state index is -0.907. The molecule has 3 amide bonds. The van der Waals surface area contributed by atoms with E-state index in [1.54, 1.807) is 24.3 Å². The molecule has 0 fully saturated rings. The molecule has 3 aromatic carbocycles. The zero-order chi connectivity index (χ0) is 25.4. The van der Waals surface area contributed by atoms with Crippen LogP contribution in [0.5, 0.6) is 5.75 Å². The number of hydrogen-bond acceptors (Lipinski definition) is 5. The Morgan fingerprint density at radius 3 is 1.89 bits per heavy atom. The lowest BCUT2D eigenvalue weighted by Crippen LogP contribution is -2.32. The van der Waals surface area contributed by atoms with Crippen molar-refractivity contribution in [1.29, 1.82) is 0 Å². The topological polar surface area (TPSA) is 109 Å². The molecule has 0 heterocycles. The molecule has 0 bridgehead atoms. The Kier molecular flexibility index (Phi) is 8.34. The van der Waals surface area contributed by atoms with Crippen LogP contribution in [0.2, 0.25) is 0 Å².